The van der Waals surface area contributed by atoms with Crippen LogP contribution in [0.3, 0.4) is 0 Å². The van der Waals surface area contributed by atoms with Crippen LogP contribution in [-0.2, 0) is 6.54 Å². The van der Waals surface area contributed by atoms with Crippen molar-refractivity contribution in [3.63, 3.8) is 0 Å². The minimum atomic E-state index is 0.498. The molecule has 0 heterocycles. The summed E-state index contributed by atoms with van der Waals surface area (Å²) in [6.45, 7) is 9.71. The van der Waals surface area contributed by atoms with E-state index >= 15 is 0 Å². The summed E-state index contributed by atoms with van der Waals surface area (Å²) in [6, 6.07) is 8.95. The van der Waals surface area contributed by atoms with Crippen molar-refractivity contribution in [2.75, 3.05) is 13.1 Å². The lowest BCUT2D eigenvalue weighted by Crippen LogP contribution is -2.37. The Morgan fingerprint density at radius 3 is 2.29 bits per heavy atom. The van der Waals surface area contributed by atoms with Gasteiger partial charge in [0.05, 0.1) is 0 Å². The Kier molecular flexibility index (Phi) is 6.78. The van der Waals surface area contributed by atoms with Gasteiger partial charge in [-0.05, 0) is 37.1 Å². The fraction of sp³-hybridized carbons (Fsp3) is 0.571. The second-order valence-corrected chi connectivity index (χ2v) is 5.88. The standard InChI is InChI=1S/C14H23BrN2/c1-11(2)8-16-9-12(3)17-10-13-4-6-14(15)7-5-13/h4-7,11-12,16-17H,8-10H2,1-3H3. The van der Waals surface area contributed by atoms with E-state index in [9.17, 15) is 0 Å². The van der Waals surface area contributed by atoms with Gasteiger partial charge in [0.1, 0.15) is 0 Å². The van der Waals surface area contributed by atoms with Gasteiger partial charge in [-0.25, -0.2) is 0 Å². The predicted molar refractivity (Wildman–Crippen MR) is 78.2 cm³/mol. The van der Waals surface area contributed by atoms with Gasteiger partial charge < -0.3 is 10.6 Å². The zero-order valence-electron chi connectivity index (χ0n) is 11.0. The van der Waals surface area contributed by atoms with Crippen LogP contribution in [0.1, 0.15) is 26.3 Å². The highest BCUT2D eigenvalue weighted by Crippen LogP contribution is 2.10. The summed E-state index contributed by atoms with van der Waals surface area (Å²) in [5.74, 6) is 0.716. The summed E-state index contributed by atoms with van der Waals surface area (Å²) >= 11 is 3.44. The topological polar surface area (TPSA) is 24.1 Å². The van der Waals surface area contributed by atoms with Gasteiger partial charge in [0.15, 0.2) is 0 Å². The molecule has 0 spiro atoms. The average molecular weight is 299 g/mol. The number of halogens is 1. The first kappa shape index (κ1) is 14.7. The molecule has 0 radical (unpaired) electrons. The minimum absolute atomic E-state index is 0.498. The van der Waals surface area contributed by atoms with Crippen LogP contribution in [-0.4, -0.2) is 19.1 Å². The van der Waals surface area contributed by atoms with Crippen LogP contribution in [0.4, 0.5) is 0 Å². The smallest absolute Gasteiger partial charge is 0.0208 e. The SMILES string of the molecule is CC(C)CNCC(C)NCc1ccc(Br)cc1. The highest BCUT2D eigenvalue weighted by atomic mass is 79.9. The second kappa shape index (κ2) is 7.85. The molecule has 3 heteroatoms. The van der Waals surface area contributed by atoms with Gasteiger partial charge in [-0.1, -0.05) is 41.9 Å². The molecular formula is C14H23BrN2. The molecule has 1 unspecified atom stereocenters. The number of rotatable bonds is 7. The van der Waals surface area contributed by atoms with Crippen molar-refractivity contribution in [3.05, 3.63) is 34.3 Å². The molecule has 0 bridgehead atoms. The summed E-state index contributed by atoms with van der Waals surface area (Å²) < 4.78 is 1.13. The molecule has 0 aliphatic carbocycles. The van der Waals surface area contributed by atoms with E-state index < -0.39 is 0 Å². The molecule has 96 valence electrons. The molecule has 0 aliphatic heterocycles. The van der Waals surface area contributed by atoms with E-state index in [0.717, 1.165) is 24.1 Å². The number of hydrogen-bond donors (Lipinski definition) is 2. The van der Waals surface area contributed by atoms with Crippen molar-refractivity contribution in [3.8, 4) is 0 Å². The molecular weight excluding hydrogens is 276 g/mol. The molecule has 17 heavy (non-hydrogen) atoms. The van der Waals surface area contributed by atoms with Crippen molar-refractivity contribution >= 4 is 15.9 Å². The van der Waals surface area contributed by atoms with E-state index in [1.54, 1.807) is 0 Å². The second-order valence-electron chi connectivity index (χ2n) is 4.96. The highest BCUT2D eigenvalue weighted by molar-refractivity contribution is 9.10. The molecule has 1 atom stereocenters. The van der Waals surface area contributed by atoms with Crippen LogP contribution in [0.15, 0.2) is 28.7 Å². The summed E-state index contributed by atoms with van der Waals surface area (Å²) in [7, 11) is 0. The molecule has 1 aromatic carbocycles. The van der Waals surface area contributed by atoms with Crippen molar-refractivity contribution in [1.29, 1.82) is 0 Å². The molecule has 0 saturated heterocycles. The minimum Gasteiger partial charge on any atom is -0.315 e. The molecule has 2 nitrogen and oxygen atoms in total. The van der Waals surface area contributed by atoms with Gasteiger partial charge in [0, 0.05) is 23.6 Å². The van der Waals surface area contributed by atoms with E-state index in [0.29, 0.717) is 12.0 Å². The maximum Gasteiger partial charge on any atom is 0.0208 e. The summed E-state index contributed by atoms with van der Waals surface area (Å²) in [6.07, 6.45) is 0. The van der Waals surface area contributed by atoms with Crippen LogP contribution in [0, 0.1) is 5.92 Å². The Morgan fingerprint density at radius 1 is 1.06 bits per heavy atom. The first-order valence-electron chi connectivity index (χ1n) is 6.26. The van der Waals surface area contributed by atoms with Crippen molar-refractivity contribution in [2.24, 2.45) is 5.92 Å². The Bertz CT molecular complexity index is 309. The molecule has 0 aliphatic rings. The molecule has 0 amide bonds. The maximum absolute atomic E-state index is 3.51. The third kappa shape index (κ3) is 6.81. The molecule has 0 saturated carbocycles. The fourth-order valence-electron chi connectivity index (χ4n) is 1.56. The predicted octanol–water partition coefficient (Wildman–Crippen LogP) is 3.17. The zero-order valence-corrected chi connectivity index (χ0v) is 12.5. The van der Waals surface area contributed by atoms with Crippen LogP contribution in [0.25, 0.3) is 0 Å². The Labute approximate surface area is 113 Å². The number of nitrogens with one attached hydrogen (secondary N) is 2. The third-order valence-electron chi connectivity index (χ3n) is 2.57. The molecule has 1 aromatic rings. The zero-order chi connectivity index (χ0) is 12.7. The molecule has 0 aromatic heterocycles. The fourth-order valence-corrected chi connectivity index (χ4v) is 1.82. The van der Waals surface area contributed by atoms with Gasteiger partial charge in [-0.3, -0.25) is 0 Å². The van der Waals surface area contributed by atoms with Gasteiger partial charge in [-0.2, -0.15) is 0 Å². The first-order valence-corrected chi connectivity index (χ1v) is 7.05. The van der Waals surface area contributed by atoms with Crippen molar-refractivity contribution in [2.45, 2.75) is 33.4 Å². The summed E-state index contributed by atoms with van der Waals surface area (Å²) in [5, 5.41) is 6.97. The Morgan fingerprint density at radius 2 is 1.71 bits per heavy atom. The van der Waals surface area contributed by atoms with E-state index in [1.807, 2.05) is 0 Å². The third-order valence-corrected chi connectivity index (χ3v) is 3.10. The van der Waals surface area contributed by atoms with Crippen LogP contribution in [0.5, 0.6) is 0 Å². The average Bonchev–Trinajstić information content (AvgIpc) is 2.28. The molecule has 2 N–H and O–H groups in total. The van der Waals surface area contributed by atoms with E-state index in [4.69, 9.17) is 0 Å². The maximum atomic E-state index is 3.51. The molecule has 0 fully saturated rings. The lowest BCUT2D eigenvalue weighted by Gasteiger charge is -2.15. The van der Waals surface area contributed by atoms with Gasteiger partial charge in [0.25, 0.3) is 0 Å². The first-order chi connectivity index (χ1) is 8.08. The van der Waals surface area contributed by atoms with E-state index in [2.05, 4.69) is 71.6 Å². The van der Waals surface area contributed by atoms with Crippen LogP contribution in [0.2, 0.25) is 0 Å². The van der Waals surface area contributed by atoms with E-state index in [1.165, 1.54) is 5.56 Å². The highest BCUT2D eigenvalue weighted by Gasteiger charge is 2.01. The van der Waals surface area contributed by atoms with Gasteiger partial charge in [-0.15, -0.1) is 0 Å². The number of hydrogen-bond acceptors (Lipinski definition) is 2. The van der Waals surface area contributed by atoms with Crippen molar-refractivity contribution in [1.82, 2.24) is 10.6 Å². The lowest BCUT2D eigenvalue weighted by atomic mass is 10.2. The quantitative estimate of drug-likeness (QED) is 0.808. The largest absolute Gasteiger partial charge is 0.315 e. The normalized spacial score (nSPS) is 13.0. The van der Waals surface area contributed by atoms with Crippen LogP contribution < -0.4 is 10.6 Å². The molecule has 1 rings (SSSR count). The van der Waals surface area contributed by atoms with Gasteiger partial charge in [0.2, 0.25) is 0 Å². The summed E-state index contributed by atoms with van der Waals surface area (Å²) in [4.78, 5) is 0. The lowest BCUT2D eigenvalue weighted by molar-refractivity contribution is 0.472. The van der Waals surface area contributed by atoms with E-state index in [-0.39, 0.29) is 0 Å². The Hall–Kier alpha value is -0.380. The monoisotopic (exact) mass is 298 g/mol. The number of benzene rings is 1. The van der Waals surface area contributed by atoms with Crippen molar-refractivity contribution < 1.29 is 0 Å². The van der Waals surface area contributed by atoms with Gasteiger partial charge >= 0.3 is 0 Å². The summed E-state index contributed by atoms with van der Waals surface area (Å²) in [5.41, 5.74) is 1.32. The Balaban J connectivity index is 2.19. The van der Waals surface area contributed by atoms with Crippen LogP contribution >= 0.6 is 15.9 Å².